The summed E-state index contributed by atoms with van der Waals surface area (Å²) in [7, 11) is -4.35. The highest BCUT2D eigenvalue weighted by molar-refractivity contribution is 7.89. The van der Waals surface area contributed by atoms with Gasteiger partial charge < -0.3 is 19.9 Å². The molecule has 0 aliphatic rings. The van der Waals surface area contributed by atoms with Crippen LogP contribution in [0, 0.1) is 0 Å². The maximum Gasteiger partial charge on any atom is 0.488 e. The highest BCUT2D eigenvalue weighted by Gasteiger charge is 2.22. The minimum atomic E-state index is -3.88. The van der Waals surface area contributed by atoms with Crippen molar-refractivity contribution < 1.29 is 28.3 Å². The van der Waals surface area contributed by atoms with E-state index in [1.54, 1.807) is 0 Å². The van der Waals surface area contributed by atoms with Gasteiger partial charge in [-0.25, -0.2) is 13.1 Å². The molecule has 0 atom stereocenters. The highest BCUT2D eigenvalue weighted by atomic mass is 32.2. The first kappa shape index (κ1) is 14.9. The Labute approximate surface area is 105 Å². The monoisotopic (exact) mass is 275 g/mol. The van der Waals surface area contributed by atoms with E-state index in [1.807, 2.05) is 0 Å². The molecule has 0 fully saturated rings. The van der Waals surface area contributed by atoms with Gasteiger partial charge in [0.15, 0.2) is 0 Å². The molecule has 0 aliphatic carbocycles. The summed E-state index contributed by atoms with van der Waals surface area (Å²) in [5, 5.41) is 26.6. The first-order valence-electron chi connectivity index (χ1n) is 5.07. The minimum absolute atomic E-state index is 0.0279. The van der Waals surface area contributed by atoms with Gasteiger partial charge in [-0.3, -0.25) is 0 Å². The van der Waals surface area contributed by atoms with Gasteiger partial charge in [0, 0.05) is 6.54 Å². The molecule has 0 unspecified atom stereocenters. The van der Waals surface area contributed by atoms with E-state index in [1.165, 1.54) is 19.2 Å². The molecule has 0 aliphatic heterocycles. The summed E-state index contributed by atoms with van der Waals surface area (Å²) >= 11 is 0. The minimum Gasteiger partial charge on any atom is -0.495 e. The van der Waals surface area contributed by atoms with Crippen molar-refractivity contribution in [3.8, 4) is 5.75 Å². The Hall–Kier alpha value is -1.13. The molecule has 0 aromatic heterocycles. The summed E-state index contributed by atoms with van der Waals surface area (Å²) < 4.78 is 30.8. The molecule has 1 aromatic rings. The molecule has 100 valence electrons. The molecule has 1 aromatic carbocycles. The fraction of sp³-hybridized carbons (Fsp3) is 0.333. The summed E-state index contributed by atoms with van der Waals surface area (Å²) in [6, 6.07) is 3.76. The fourth-order valence-electron chi connectivity index (χ4n) is 1.32. The highest BCUT2D eigenvalue weighted by Crippen LogP contribution is 2.21. The van der Waals surface area contributed by atoms with Crippen molar-refractivity contribution in [3.05, 3.63) is 18.2 Å². The number of aliphatic hydroxyl groups is 1. The quantitative estimate of drug-likeness (QED) is 0.432. The third kappa shape index (κ3) is 3.43. The van der Waals surface area contributed by atoms with Gasteiger partial charge in [-0.15, -0.1) is 0 Å². The second kappa shape index (κ2) is 6.16. The zero-order chi connectivity index (χ0) is 13.8. The number of methoxy groups -OCH3 is 1. The van der Waals surface area contributed by atoms with E-state index in [-0.39, 0.29) is 29.3 Å². The third-order valence-corrected chi connectivity index (χ3v) is 3.66. The average molecular weight is 275 g/mol. The molecule has 18 heavy (non-hydrogen) atoms. The van der Waals surface area contributed by atoms with Crippen molar-refractivity contribution in [2.75, 3.05) is 20.3 Å². The molecule has 9 heteroatoms. The molecule has 0 heterocycles. The van der Waals surface area contributed by atoms with Crippen LogP contribution >= 0.6 is 0 Å². The summed E-state index contributed by atoms with van der Waals surface area (Å²) in [5.41, 5.74) is 0.0279. The Balaban J connectivity index is 3.23. The molecule has 0 amide bonds. The lowest BCUT2D eigenvalue weighted by Crippen LogP contribution is -2.32. The second-order valence-corrected chi connectivity index (χ2v) is 5.14. The van der Waals surface area contributed by atoms with Crippen LogP contribution in [-0.4, -0.2) is 51.0 Å². The van der Waals surface area contributed by atoms with E-state index in [9.17, 15) is 8.42 Å². The predicted molar refractivity (Wildman–Crippen MR) is 65.1 cm³/mol. The molecule has 0 spiro atoms. The maximum absolute atomic E-state index is 11.9. The Morgan fingerprint density at radius 1 is 1.39 bits per heavy atom. The Morgan fingerprint density at radius 2 is 2.06 bits per heavy atom. The van der Waals surface area contributed by atoms with Gasteiger partial charge in [0.1, 0.15) is 10.6 Å². The van der Waals surface area contributed by atoms with Crippen molar-refractivity contribution in [1.29, 1.82) is 0 Å². The van der Waals surface area contributed by atoms with Crippen LogP contribution in [0.1, 0.15) is 0 Å². The molecule has 1 rings (SSSR count). The molecule has 0 saturated heterocycles. The first-order valence-corrected chi connectivity index (χ1v) is 6.55. The zero-order valence-corrected chi connectivity index (χ0v) is 10.5. The number of ether oxygens (including phenoxy) is 1. The summed E-state index contributed by atoms with van der Waals surface area (Å²) in [6.07, 6.45) is 0. The Bertz CT molecular complexity index is 504. The number of nitrogens with one attached hydrogen (secondary N) is 1. The van der Waals surface area contributed by atoms with E-state index in [0.29, 0.717) is 0 Å². The summed E-state index contributed by atoms with van der Waals surface area (Å²) in [5.74, 6) is 0.0739. The Kier molecular flexibility index (Phi) is 5.11. The normalized spacial score (nSPS) is 11.3. The SMILES string of the molecule is COc1ccc(B(O)O)cc1S(=O)(=O)NCCO. The fourth-order valence-corrected chi connectivity index (χ4v) is 2.54. The van der Waals surface area contributed by atoms with Gasteiger partial charge >= 0.3 is 7.12 Å². The van der Waals surface area contributed by atoms with Crippen molar-refractivity contribution in [3.63, 3.8) is 0 Å². The van der Waals surface area contributed by atoms with Crippen LogP contribution in [0.5, 0.6) is 5.75 Å². The van der Waals surface area contributed by atoms with E-state index >= 15 is 0 Å². The lowest BCUT2D eigenvalue weighted by Gasteiger charge is -2.11. The van der Waals surface area contributed by atoms with Gasteiger partial charge in [0.25, 0.3) is 0 Å². The molecule has 0 radical (unpaired) electrons. The smallest absolute Gasteiger partial charge is 0.488 e. The van der Waals surface area contributed by atoms with Crippen molar-refractivity contribution in [2.45, 2.75) is 4.90 Å². The topological polar surface area (TPSA) is 116 Å². The number of sulfonamides is 1. The van der Waals surface area contributed by atoms with Gasteiger partial charge in [0.05, 0.1) is 13.7 Å². The van der Waals surface area contributed by atoms with Crippen molar-refractivity contribution in [1.82, 2.24) is 4.72 Å². The van der Waals surface area contributed by atoms with E-state index in [0.717, 1.165) is 6.07 Å². The standard InChI is InChI=1S/C9H14BNO6S/c1-17-8-3-2-7(10(13)14)6-9(8)18(15,16)11-4-5-12/h2-3,6,11-14H,4-5H2,1H3. The number of hydrogen-bond acceptors (Lipinski definition) is 6. The molecular formula is C9H14BNO6S. The largest absolute Gasteiger partial charge is 0.495 e. The van der Waals surface area contributed by atoms with Crippen LogP contribution in [0.25, 0.3) is 0 Å². The lowest BCUT2D eigenvalue weighted by atomic mass is 9.80. The van der Waals surface area contributed by atoms with Crippen LogP contribution in [0.3, 0.4) is 0 Å². The molecule has 4 N–H and O–H groups in total. The van der Waals surface area contributed by atoms with Crippen LogP contribution in [0.2, 0.25) is 0 Å². The van der Waals surface area contributed by atoms with Crippen molar-refractivity contribution >= 4 is 22.6 Å². The molecule has 0 bridgehead atoms. The second-order valence-electron chi connectivity index (χ2n) is 3.41. The van der Waals surface area contributed by atoms with E-state index in [4.69, 9.17) is 19.9 Å². The lowest BCUT2D eigenvalue weighted by molar-refractivity contribution is 0.301. The van der Waals surface area contributed by atoms with Crippen LogP contribution in [0.4, 0.5) is 0 Å². The third-order valence-electron chi connectivity index (χ3n) is 2.18. The maximum atomic E-state index is 11.9. The van der Waals surface area contributed by atoms with Gasteiger partial charge in [0.2, 0.25) is 10.0 Å². The summed E-state index contributed by atoms with van der Waals surface area (Å²) in [6.45, 7) is -0.485. The van der Waals surface area contributed by atoms with Gasteiger partial charge in [-0.1, -0.05) is 6.07 Å². The first-order chi connectivity index (χ1) is 8.42. The Morgan fingerprint density at radius 3 is 2.56 bits per heavy atom. The molecular weight excluding hydrogens is 261 g/mol. The van der Waals surface area contributed by atoms with Crippen LogP contribution in [0.15, 0.2) is 23.1 Å². The zero-order valence-electron chi connectivity index (χ0n) is 9.70. The summed E-state index contributed by atoms with van der Waals surface area (Å²) in [4.78, 5) is -0.218. The molecule has 0 saturated carbocycles. The van der Waals surface area contributed by atoms with E-state index < -0.39 is 17.1 Å². The van der Waals surface area contributed by atoms with E-state index in [2.05, 4.69) is 4.72 Å². The molecule has 7 nitrogen and oxygen atoms in total. The number of rotatable bonds is 6. The van der Waals surface area contributed by atoms with Gasteiger partial charge in [-0.05, 0) is 17.6 Å². The number of aliphatic hydroxyl groups excluding tert-OH is 1. The average Bonchev–Trinajstić information content (AvgIpc) is 2.35. The number of hydrogen-bond donors (Lipinski definition) is 4. The van der Waals surface area contributed by atoms with Crippen molar-refractivity contribution in [2.24, 2.45) is 0 Å². The van der Waals surface area contributed by atoms with Crippen LogP contribution in [-0.2, 0) is 10.0 Å². The predicted octanol–water partition coefficient (Wildman–Crippen LogP) is -2.35. The number of benzene rings is 1. The van der Waals surface area contributed by atoms with Crippen LogP contribution < -0.4 is 14.9 Å². The van der Waals surface area contributed by atoms with Gasteiger partial charge in [-0.2, -0.15) is 0 Å².